The second-order valence-electron chi connectivity index (χ2n) is 9.23. The van der Waals surface area contributed by atoms with Crippen molar-refractivity contribution in [1.82, 2.24) is 19.6 Å². The fourth-order valence-corrected chi connectivity index (χ4v) is 6.02. The van der Waals surface area contributed by atoms with Gasteiger partial charge in [-0.25, -0.2) is 4.98 Å². The van der Waals surface area contributed by atoms with Crippen molar-refractivity contribution in [1.29, 1.82) is 0 Å². The first-order valence-corrected chi connectivity index (χ1v) is 13.4. The van der Waals surface area contributed by atoms with E-state index in [0.29, 0.717) is 13.1 Å². The lowest BCUT2D eigenvalue weighted by Crippen LogP contribution is -2.42. The molecule has 1 aliphatic heterocycles. The molecule has 0 bridgehead atoms. The van der Waals surface area contributed by atoms with Crippen molar-refractivity contribution >= 4 is 23.3 Å². The number of amides is 1. The van der Waals surface area contributed by atoms with Crippen molar-refractivity contribution in [2.75, 3.05) is 27.9 Å². The highest BCUT2D eigenvalue weighted by molar-refractivity contribution is 8.00. The Bertz CT molecular complexity index is 1340. The number of carbonyl (C=O) groups is 1. The van der Waals surface area contributed by atoms with Crippen LogP contribution < -0.4 is 19.5 Å². The first-order valence-electron chi connectivity index (χ1n) is 12.5. The van der Waals surface area contributed by atoms with E-state index in [1.54, 1.807) is 33.1 Å². The molecule has 0 spiro atoms. The summed E-state index contributed by atoms with van der Waals surface area (Å²) in [6, 6.07) is 19.5. The highest BCUT2D eigenvalue weighted by atomic mass is 32.2. The highest BCUT2D eigenvalue weighted by Crippen LogP contribution is 2.35. The third-order valence-corrected chi connectivity index (χ3v) is 7.90. The van der Waals surface area contributed by atoms with Gasteiger partial charge in [-0.3, -0.25) is 9.69 Å². The maximum Gasteiger partial charge on any atom is 0.237 e. The van der Waals surface area contributed by atoms with Gasteiger partial charge in [-0.05, 0) is 60.5 Å². The summed E-state index contributed by atoms with van der Waals surface area (Å²) in [5.74, 6) is 2.31. The molecule has 2 aromatic carbocycles. The molecule has 5 rings (SSSR count). The molecule has 4 aromatic rings. The lowest BCUT2D eigenvalue weighted by atomic mass is 10.1. The predicted molar refractivity (Wildman–Crippen MR) is 148 cm³/mol. The van der Waals surface area contributed by atoms with Gasteiger partial charge in [0.05, 0.1) is 39.6 Å². The number of thioether (sulfide) groups is 1. The SMILES string of the molecule is COc1ccc(S[C@@H]2C[C@@H](C(=O)NCc3cn4ccccc4n3)N(Cc3cc(OC)cc(OC)c3)C2)cc1. The summed E-state index contributed by atoms with van der Waals surface area (Å²) >= 11 is 1.80. The number of carbonyl (C=O) groups excluding carboxylic acids is 1. The Kier molecular flexibility index (Phi) is 8.05. The first-order chi connectivity index (χ1) is 18.5. The number of rotatable bonds is 10. The molecule has 1 aliphatic rings. The molecule has 1 fully saturated rings. The van der Waals surface area contributed by atoms with Crippen LogP contribution in [0.4, 0.5) is 0 Å². The van der Waals surface area contributed by atoms with Crippen molar-refractivity contribution in [3.05, 3.63) is 84.3 Å². The zero-order valence-electron chi connectivity index (χ0n) is 21.8. The van der Waals surface area contributed by atoms with Gasteiger partial charge < -0.3 is 23.9 Å². The molecule has 9 heteroatoms. The van der Waals surface area contributed by atoms with E-state index in [9.17, 15) is 4.79 Å². The van der Waals surface area contributed by atoms with Crippen LogP contribution in [0.3, 0.4) is 0 Å². The topological polar surface area (TPSA) is 77.3 Å². The van der Waals surface area contributed by atoms with Crippen LogP contribution in [0.1, 0.15) is 17.7 Å². The minimum Gasteiger partial charge on any atom is -0.497 e. The van der Waals surface area contributed by atoms with Gasteiger partial charge in [0.15, 0.2) is 0 Å². The standard InChI is InChI=1S/C29H32N4O4S/c1-35-22-7-9-25(10-8-22)38-26-15-27(29(34)30-16-21-18-32-11-5-4-6-28(32)31-21)33(19-26)17-20-12-23(36-2)14-24(13-20)37-3/h4-14,18,26-27H,15-17,19H2,1-3H3,(H,30,34)/t26-,27+/m1/s1. The normalized spacial score (nSPS) is 17.4. The van der Waals surface area contributed by atoms with Gasteiger partial charge in [-0.2, -0.15) is 0 Å². The molecule has 2 atom stereocenters. The minimum atomic E-state index is -0.264. The molecule has 1 saturated heterocycles. The van der Waals surface area contributed by atoms with E-state index >= 15 is 0 Å². The van der Waals surface area contributed by atoms with E-state index in [1.165, 1.54) is 0 Å². The molecule has 1 N–H and O–H groups in total. The van der Waals surface area contributed by atoms with Crippen LogP contribution in [0.15, 0.2) is 78.0 Å². The molecule has 0 saturated carbocycles. The van der Waals surface area contributed by atoms with Crippen molar-refractivity contribution in [2.24, 2.45) is 0 Å². The summed E-state index contributed by atoms with van der Waals surface area (Å²) in [5, 5.41) is 3.40. The molecule has 198 valence electrons. The van der Waals surface area contributed by atoms with Gasteiger partial charge in [0.2, 0.25) is 5.91 Å². The van der Waals surface area contributed by atoms with Crippen molar-refractivity contribution in [3.8, 4) is 17.2 Å². The zero-order chi connectivity index (χ0) is 26.5. The Balaban J connectivity index is 1.32. The maximum atomic E-state index is 13.5. The Morgan fingerprint density at radius 1 is 1.00 bits per heavy atom. The van der Waals surface area contributed by atoms with E-state index in [1.807, 2.05) is 65.3 Å². The Hall–Kier alpha value is -3.69. The van der Waals surface area contributed by atoms with Crippen LogP contribution in [-0.2, 0) is 17.9 Å². The Morgan fingerprint density at radius 2 is 1.74 bits per heavy atom. The maximum absolute atomic E-state index is 13.5. The summed E-state index contributed by atoms with van der Waals surface area (Å²) < 4.78 is 18.2. The van der Waals surface area contributed by atoms with Gasteiger partial charge in [0.25, 0.3) is 0 Å². The molecule has 8 nitrogen and oxygen atoms in total. The Labute approximate surface area is 226 Å². The second kappa shape index (κ2) is 11.8. The summed E-state index contributed by atoms with van der Waals surface area (Å²) in [5.41, 5.74) is 2.73. The van der Waals surface area contributed by atoms with Crippen molar-refractivity contribution in [3.63, 3.8) is 0 Å². The molecule has 1 amide bonds. The zero-order valence-corrected chi connectivity index (χ0v) is 22.6. The van der Waals surface area contributed by atoms with Crippen LogP contribution in [0.2, 0.25) is 0 Å². The second-order valence-corrected chi connectivity index (χ2v) is 10.6. The van der Waals surface area contributed by atoms with Crippen LogP contribution in [0.25, 0.3) is 5.65 Å². The molecule has 2 aromatic heterocycles. The van der Waals surface area contributed by atoms with E-state index in [-0.39, 0.29) is 17.2 Å². The van der Waals surface area contributed by atoms with Crippen molar-refractivity contribution in [2.45, 2.75) is 35.7 Å². The number of imidazole rings is 1. The van der Waals surface area contributed by atoms with Gasteiger partial charge >= 0.3 is 0 Å². The number of nitrogens with zero attached hydrogens (tertiary/aromatic N) is 3. The predicted octanol–water partition coefficient (Wildman–Crippen LogP) is 4.41. The molecular weight excluding hydrogens is 500 g/mol. The monoisotopic (exact) mass is 532 g/mol. The first kappa shape index (κ1) is 25.9. The van der Waals surface area contributed by atoms with E-state index in [2.05, 4.69) is 27.3 Å². The number of fused-ring (bicyclic) bond motifs is 1. The van der Waals surface area contributed by atoms with Gasteiger partial charge in [-0.1, -0.05) is 6.07 Å². The van der Waals surface area contributed by atoms with Crippen LogP contribution in [0, 0.1) is 0 Å². The summed E-state index contributed by atoms with van der Waals surface area (Å²) in [7, 11) is 4.96. The quantitative estimate of drug-likeness (QED) is 0.324. The average molecular weight is 533 g/mol. The minimum absolute atomic E-state index is 0.00903. The summed E-state index contributed by atoms with van der Waals surface area (Å²) in [4.78, 5) is 21.5. The van der Waals surface area contributed by atoms with Crippen molar-refractivity contribution < 1.29 is 19.0 Å². The molecule has 0 unspecified atom stereocenters. The lowest BCUT2D eigenvalue weighted by Gasteiger charge is -2.24. The lowest BCUT2D eigenvalue weighted by molar-refractivity contribution is -0.125. The van der Waals surface area contributed by atoms with Crippen LogP contribution in [-0.4, -0.2) is 59.4 Å². The molecular formula is C29H32N4O4S. The van der Waals surface area contributed by atoms with Gasteiger partial charge in [0.1, 0.15) is 22.9 Å². The third-order valence-electron chi connectivity index (χ3n) is 6.68. The number of aromatic nitrogens is 2. The van der Waals surface area contributed by atoms with Crippen LogP contribution in [0.5, 0.6) is 17.2 Å². The number of pyridine rings is 1. The fraction of sp³-hybridized carbons (Fsp3) is 0.310. The molecule has 0 aliphatic carbocycles. The number of nitrogens with one attached hydrogen (secondary N) is 1. The summed E-state index contributed by atoms with van der Waals surface area (Å²) in [6.07, 6.45) is 4.65. The number of methoxy groups -OCH3 is 3. The van der Waals surface area contributed by atoms with Gasteiger partial charge in [-0.15, -0.1) is 11.8 Å². The molecule has 3 heterocycles. The number of likely N-dealkylation sites (tertiary alicyclic amines) is 1. The van der Waals surface area contributed by atoms with E-state index < -0.39 is 0 Å². The highest BCUT2D eigenvalue weighted by Gasteiger charge is 2.37. The number of hydrogen-bond acceptors (Lipinski definition) is 7. The molecule has 38 heavy (non-hydrogen) atoms. The van der Waals surface area contributed by atoms with Crippen LogP contribution >= 0.6 is 11.8 Å². The summed E-state index contributed by atoms with van der Waals surface area (Å²) in [6.45, 7) is 1.77. The smallest absolute Gasteiger partial charge is 0.237 e. The number of hydrogen-bond donors (Lipinski definition) is 1. The fourth-order valence-electron chi connectivity index (χ4n) is 4.80. The van der Waals surface area contributed by atoms with E-state index in [0.717, 1.165) is 52.0 Å². The third kappa shape index (κ3) is 6.06. The molecule has 0 radical (unpaired) electrons. The van der Waals surface area contributed by atoms with Gasteiger partial charge in [0, 0.05) is 41.7 Å². The average Bonchev–Trinajstić information content (AvgIpc) is 3.55. The largest absolute Gasteiger partial charge is 0.497 e. The number of ether oxygens (including phenoxy) is 3. The van der Waals surface area contributed by atoms with E-state index in [4.69, 9.17) is 14.2 Å². The Morgan fingerprint density at radius 3 is 2.42 bits per heavy atom. The number of benzene rings is 2.